The summed E-state index contributed by atoms with van der Waals surface area (Å²) in [6, 6.07) is 28.5. The minimum Gasteiger partial charge on any atom is -0.494 e. The van der Waals surface area contributed by atoms with Gasteiger partial charge in [0.15, 0.2) is 11.4 Å². The van der Waals surface area contributed by atoms with E-state index in [0.29, 0.717) is 47.9 Å². The minimum absolute atomic E-state index is 0.00704. The molecule has 0 bridgehead atoms. The molecular weight excluding hydrogens is 938 g/mol. The van der Waals surface area contributed by atoms with Crippen molar-refractivity contribution in [3.05, 3.63) is 127 Å². The molecule has 16 heteroatoms. The Morgan fingerprint density at radius 2 is 1.50 bits per heavy atom. The van der Waals surface area contributed by atoms with Crippen molar-refractivity contribution in [2.24, 2.45) is 11.8 Å². The summed E-state index contributed by atoms with van der Waals surface area (Å²) >= 11 is 5.92. The van der Waals surface area contributed by atoms with E-state index in [4.69, 9.17) is 25.5 Å². The summed E-state index contributed by atoms with van der Waals surface area (Å²) in [6.07, 6.45) is 17.2. The topological polar surface area (TPSA) is 140 Å². The largest absolute Gasteiger partial charge is 0.494 e. The molecule has 2 aliphatic carbocycles. The number of nitrogens with one attached hydrogen (secondary N) is 2. The number of carbonyl (C=O) groups is 2. The molecule has 13 nitrogen and oxygen atoms in total. The quantitative estimate of drug-likeness (QED) is 0.0361. The second-order valence-electron chi connectivity index (χ2n) is 19.2. The molecule has 2 N–H and O–H groups in total. The Kier molecular flexibility index (Phi) is 19.1. The number of unbranched alkanes of at least 4 members (excludes halogenated alkanes) is 7. The summed E-state index contributed by atoms with van der Waals surface area (Å²) in [6.45, 7) is 4.07. The maximum Gasteiger partial charge on any atom is 0.284 e. The van der Waals surface area contributed by atoms with Crippen molar-refractivity contribution in [2.45, 2.75) is 109 Å². The van der Waals surface area contributed by atoms with E-state index in [1.54, 1.807) is 21.8 Å². The third kappa shape index (κ3) is 15.6. The van der Waals surface area contributed by atoms with Gasteiger partial charge < -0.3 is 34.3 Å². The number of pyridine rings is 1. The molecule has 6 aromatic rings. The molecule has 3 aromatic carbocycles. The first-order valence-corrected chi connectivity index (χ1v) is 26.1. The number of amides is 2. The first-order chi connectivity index (χ1) is 35.2. The van der Waals surface area contributed by atoms with E-state index in [1.807, 2.05) is 84.9 Å². The summed E-state index contributed by atoms with van der Waals surface area (Å²) in [7, 11) is 2.20. The molecule has 72 heavy (non-hydrogen) atoms. The summed E-state index contributed by atoms with van der Waals surface area (Å²) in [5.41, 5.74) is 1.96. The number of halogens is 3. The molecule has 3 aromatic heterocycles. The molecule has 2 fully saturated rings. The zero-order chi connectivity index (χ0) is 50.1. The van der Waals surface area contributed by atoms with Crippen LogP contribution in [0.15, 0.2) is 114 Å². The number of anilines is 3. The van der Waals surface area contributed by atoms with Crippen LogP contribution < -0.4 is 25.0 Å². The molecule has 0 saturated heterocycles. The maximum absolute atomic E-state index is 14.2. The van der Waals surface area contributed by atoms with E-state index in [-0.39, 0.29) is 35.1 Å². The second-order valence-corrected chi connectivity index (χ2v) is 19.5. The number of alkyl halides is 3. The van der Waals surface area contributed by atoms with Crippen LogP contribution in [0.25, 0.3) is 11.5 Å². The number of rotatable bonds is 28. The Morgan fingerprint density at radius 1 is 0.833 bits per heavy atom. The van der Waals surface area contributed by atoms with Crippen molar-refractivity contribution in [1.82, 2.24) is 24.6 Å². The molecule has 0 radical (unpaired) electrons. The van der Waals surface area contributed by atoms with Gasteiger partial charge in [0.05, 0.1) is 24.9 Å². The highest BCUT2D eigenvalue weighted by molar-refractivity contribution is 6.29. The fourth-order valence-electron chi connectivity index (χ4n) is 9.23. The highest BCUT2D eigenvalue weighted by Gasteiger charge is 2.28. The normalized spacial score (nSPS) is 15.7. The summed E-state index contributed by atoms with van der Waals surface area (Å²) in [5, 5.41) is 10.2. The summed E-state index contributed by atoms with van der Waals surface area (Å²) in [4.78, 5) is 38.6. The van der Waals surface area contributed by atoms with Crippen LogP contribution in [-0.2, 0) is 11.3 Å². The molecule has 2 saturated carbocycles. The van der Waals surface area contributed by atoms with Crippen LogP contribution in [-0.4, -0.2) is 75.6 Å². The van der Waals surface area contributed by atoms with Gasteiger partial charge in [-0.05, 0) is 143 Å². The van der Waals surface area contributed by atoms with Crippen molar-refractivity contribution in [3.63, 3.8) is 0 Å². The average Bonchev–Trinajstić information content (AvgIpc) is 3.92. The van der Waals surface area contributed by atoms with Crippen molar-refractivity contribution in [1.29, 1.82) is 0 Å². The molecule has 0 atom stereocenters. The fourth-order valence-corrected chi connectivity index (χ4v) is 9.38. The number of hydrogen-bond donors (Lipinski definition) is 2. The van der Waals surface area contributed by atoms with E-state index in [2.05, 4.69) is 37.6 Å². The van der Waals surface area contributed by atoms with Crippen LogP contribution >= 0.6 is 11.6 Å². The average molecular weight is 1010 g/mol. The Balaban J connectivity index is 0.653. The predicted octanol–water partition coefficient (Wildman–Crippen LogP) is 13.4. The summed E-state index contributed by atoms with van der Waals surface area (Å²) in [5.74, 6) is 3.46. The van der Waals surface area contributed by atoms with E-state index in [9.17, 15) is 18.4 Å². The van der Waals surface area contributed by atoms with Gasteiger partial charge in [-0.3, -0.25) is 14.3 Å². The smallest absolute Gasteiger partial charge is 0.284 e. The molecule has 2 amide bonds. The van der Waals surface area contributed by atoms with Crippen molar-refractivity contribution in [2.75, 3.05) is 54.7 Å². The number of carbonyl (C=O) groups excluding carboxylic acids is 2. The van der Waals surface area contributed by atoms with Gasteiger partial charge in [0.25, 0.3) is 12.3 Å². The predicted molar refractivity (Wildman–Crippen MR) is 278 cm³/mol. The molecular formula is C56H67ClF2N8O5. The Morgan fingerprint density at radius 3 is 2.19 bits per heavy atom. The zero-order valence-electron chi connectivity index (χ0n) is 41.2. The first kappa shape index (κ1) is 52.0. The van der Waals surface area contributed by atoms with Gasteiger partial charge in [-0.25, -0.2) is 18.7 Å². The van der Waals surface area contributed by atoms with Gasteiger partial charge in [-0.2, -0.15) is 5.10 Å². The lowest BCUT2D eigenvalue weighted by molar-refractivity contribution is -0.116. The molecule has 8 rings (SSSR count). The van der Waals surface area contributed by atoms with Gasteiger partial charge in [0.2, 0.25) is 11.8 Å². The molecule has 3 heterocycles. The van der Waals surface area contributed by atoms with Crippen LogP contribution in [0.5, 0.6) is 17.2 Å². The number of aromatic nitrogens is 4. The number of ether oxygens (including phenoxy) is 2. The van der Waals surface area contributed by atoms with Gasteiger partial charge in [0, 0.05) is 36.7 Å². The van der Waals surface area contributed by atoms with Gasteiger partial charge in [0.1, 0.15) is 35.2 Å². The zero-order valence-corrected chi connectivity index (χ0v) is 42.0. The van der Waals surface area contributed by atoms with Gasteiger partial charge in [-0.1, -0.05) is 68.9 Å². The standard InChI is InChI=1S/C56H67ClF2N8O5/c1-65(31-11-6-4-2-3-5-7-12-32-70-46-25-27-48(28-26-46)72-47-23-21-44(22-24-47)66(52(68)34-57)37-41-13-9-8-10-14-41)36-42-17-19-45(20-18-42)67-38-49(53(64-67)54(58)59)62-55(69)50-39-71-56(63-50)43-29-30-60-51(33-43)61-35-40-15-16-40/h8-10,13-14,21-30,33,38-40,42,45,54H,2-7,11-12,15-20,31-32,34-37H2,1H3,(H,60,61)(H,62,69). The third-order valence-corrected chi connectivity index (χ3v) is 13.7. The number of oxazole rings is 1. The molecule has 0 aliphatic heterocycles. The van der Waals surface area contributed by atoms with E-state index >= 15 is 0 Å². The van der Waals surface area contributed by atoms with Crippen LogP contribution in [0.1, 0.15) is 124 Å². The number of nitrogens with zero attached hydrogens (tertiary/aromatic N) is 6. The van der Waals surface area contributed by atoms with Gasteiger partial charge >= 0.3 is 0 Å². The SMILES string of the molecule is CN(CCCCCCCCCCOc1ccc(Oc2ccc(N(Cc3ccccc3)C(=O)CCl)cc2)cc1)CC1CCC(n2cc(NC(=O)c3coc(-c4ccnc(NCC5CC5)c4)n3)c(C(F)F)n2)CC1. The van der Waals surface area contributed by atoms with Crippen molar-refractivity contribution in [3.8, 4) is 28.7 Å². The maximum atomic E-state index is 14.2. The number of benzene rings is 3. The van der Waals surface area contributed by atoms with Crippen LogP contribution in [0.2, 0.25) is 0 Å². The monoisotopic (exact) mass is 1000 g/mol. The minimum atomic E-state index is -2.84. The molecule has 382 valence electrons. The Labute approximate surface area is 426 Å². The molecule has 0 spiro atoms. The van der Waals surface area contributed by atoms with E-state index in [0.717, 1.165) is 75.2 Å². The van der Waals surface area contributed by atoms with Crippen molar-refractivity contribution >= 4 is 40.6 Å². The van der Waals surface area contributed by atoms with Crippen LogP contribution in [0, 0.1) is 11.8 Å². The lowest BCUT2D eigenvalue weighted by Gasteiger charge is -2.31. The third-order valence-electron chi connectivity index (χ3n) is 13.5. The van der Waals surface area contributed by atoms with E-state index in [1.165, 1.54) is 63.8 Å². The lowest BCUT2D eigenvalue weighted by Crippen LogP contribution is -2.31. The fraction of sp³-hybridized carbons (Fsp3) is 0.446. The van der Waals surface area contributed by atoms with Crippen molar-refractivity contribution < 1.29 is 32.3 Å². The Bertz CT molecular complexity index is 2600. The number of hydrogen-bond acceptors (Lipinski definition) is 10. The highest BCUT2D eigenvalue weighted by Crippen LogP contribution is 2.36. The summed E-state index contributed by atoms with van der Waals surface area (Å²) < 4.78 is 47.6. The van der Waals surface area contributed by atoms with Crippen LogP contribution in [0.3, 0.4) is 0 Å². The second kappa shape index (κ2) is 26.4. The van der Waals surface area contributed by atoms with Crippen LogP contribution in [0.4, 0.5) is 26.0 Å². The molecule has 0 unspecified atom stereocenters. The Hall–Kier alpha value is -6.32. The highest BCUT2D eigenvalue weighted by atomic mass is 35.5. The van der Waals surface area contributed by atoms with E-state index < -0.39 is 18.0 Å². The first-order valence-electron chi connectivity index (χ1n) is 25.6. The van der Waals surface area contributed by atoms with Gasteiger partial charge in [-0.15, -0.1) is 11.6 Å². The molecule has 2 aliphatic rings. The lowest BCUT2D eigenvalue weighted by atomic mass is 9.86.